The minimum Gasteiger partial charge on any atom is -0.506 e. The molecule has 0 bridgehead atoms. The average molecular weight is 261 g/mol. The molecule has 2 nitrogen and oxygen atoms in total. The Kier molecular flexibility index (Phi) is 3.87. The average Bonchev–Trinajstić information content (AvgIpc) is 2.11. The molecule has 16 heavy (non-hydrogen) atoms. The Morgan fingerprint density at radius 2 is 1.81 bits per heavy atom. The Hall–Kier alpha value is -0.730. The van der Waals surface area contributed by atoms with Gasteiger partial charge in [-0.05, 0) is 17.5 Å². The van der Waals surface area contributed by atoms with Crippen molar-refractivity contribution in [1.29, 1.82) is 0 Å². The molecule has 4 heteroatoms. The van der Waals surface area contributed by atoms with Crippen molar-refractivity contribution in [2.24, 2.45) is 5.41 Å². The van der Waals surface area contributed by atoms with Gasteiger partial charge in [0.1, 0.15) is 10.8 Å². The quantitative estimate of drug-likeness (QED) is 0.805. The van der Waals surface area contributed by atoms with Crippen LogP contribution in [0, 0.1) is 5.41 Å². The second kappa shape index (κ2) is 4.64. The van der Waals surface area contributed by atoms with Gasteiger partial charge in [0, 0.05) is 12.0 Å². The zero-order valence-electron chi connectivity index (χ0n) is 9.47. The molecule has 0 saturated heterocycles. The predicted octanol–water partition coefficient (Wildman–Crippen LogP) is 4.32. The lowest BCUT2D eigenvalue weighted by atomic mass is 9.88. The van der Waals surface area contributed by atoms with Gasteiger partial charge < -0.3 is 5.11 Å². The van der Waals surface area contributed by atoms with Crippen LogP contribution in [0.3, 0.4) is 0 Å². The smallest absolute Gasteiger partial charge is 0.164 e. The van der Waals surface area contributed by atoms with Gasteiger partial charge in [0.15, 0.2) is 5.78 Å². The summed E-state index contributed by atoms with van der Waals surface area (Å²) in [6.45, 7) is 5.92. The third-order valence-corrected chi connectivity index (χ3v) is 2.93. The van der Waals surface area contributed by atoms with Crippen molar-refractivity contribution >= 4 is 29.0 Å². The van der Waals surface area contributed by atoms with E-state index in [1.807, 2.05) is 20.8 Å². The van der Waals surface area contributed by atoms with Gasteiger partial charge in [0.25, 0.3) is 0 Å². The molecule has 1 N–H and O–H groups in total. The van der Waals surface area contributed by atoms with E-state index < -0.39 is 0 Å². The molecule has 0 fully saturated rings. The molecule has 1 aromatic carbocycles. The lowest BCUT2D eigenvalue weighted by molar-refractivity contribution is 0.0940. The lowest BCUT2D eigenvalue weighted by Crippen LogP contribution is -2.13. The van der Waals surface area contributed by atoms with Gasteiger partial charge in [-0.15, -0.1) is 0 Å². The van der Waals surface area contributed by atoms with Gasteiger partial charge in [0.05, 0.1) is 5.02 Å². The van der Waals surface area contributed by atoms with Crippen LogP contribution < -0.4 is 0 Å². The van der Waals surface area contributed by atoms with Crippen LogP contribution in [0.5, 0.6) is 5.75 Å². The molecule has 0 atom stereocenters. The van der Waals surface area contributed by atoms with Crippen molar-refractivity contribution in [3.05, 3.63) is 27.7 Å². The van der Waals surface area contributed by atoms with E-state index in [0.29, 0.717) is 12.0 Å². The Bertz CT molecular complexity index is 420. The van der Waals surface area contributed by atoms with Crippen molar-refractivity contribution in [1.82, 2.24) is 0 Å². The molecule has 1 rings (SSSR count). The first-order valence-corrected chi connectivity index (χ1v) is 5.68. The molecule has 0 unspecified atom stereocenters. The summed E-state index contributed by atoms with van der Waals surface area (Å²) in [5.74, 6) is -0.182. The van der Waals surface area contributed by atoms with Gasteiger partial charge in [-0.3, -0.25) is 4.79 Å². The fourth-order valence-electron chi connectivity index (χ4n) is 1.33. The second-order valence-corrected chi connectivity index (χ2v) is 5.68. The van der Waals surface area contributed by atoms with Crippen LogP contribution in [0.1, 0.15) is 37.6 Å². The Morgan fingerprint density at radius 1 is 1.25 bits per heavy atom. The molecule has 0 amide bonds. The zero-order chi connectivity index (χ0) is 12.5. The van der Waals surface area contributed by atoms with E-state index in [4.69, 9.17) is 23.2 Å². The van der Waals surface area contributed by atoms with Crippen molar-refractivity contribution in [3.8, 4) is 5.75 Å². The van der Waals surface area contributed by atoms with E-state index in [9.17, 15) is 9.90 Å². The number of phenolic OH excluding ortho intramolecular Hbond substituents is 1. The number of halogens is 2. The Balaban J connectivity index is 3.06. The van der Waals surface area contributed by atoms with Crippen LogP contribution in [0.4, 0.5) is 0 Å². The maximum Gasteiger partial charge on any atom is 0.164 e. The molecular formula is C12H14Cl2O2. The molecule has 0 saturated carbocycles. The highest BCUT2D eigenvalue weighted by atomic mass is 35.5. The molecule has 0 aromatic heterocycles. The number of hydrogen-bond acceptors (Lipinski definition) is 2. The number of carbonyl (C=O) groups is 1. The molecule has 88 valence electrons. The zero-order valence-corrected chi connectivity index (χ0v) is 11.0. The van der Waals surface area contributed by atoms with Crippen LogP contribution in [-0.4, -0.2) is 10.9 Å². The second-order valence-electron chi connectivity index (χ2n) is 4.92. The first kappa shape index (κ1) is 13.3. The van der Waals surface area contributed by atoms with Gasteiger partial charge in [-0.25, -0.2) is 0 Å². The van der Waals surface area contributed by atoms with Crippen molar-refractivity contribution < 1.29 is 9.90 Å². The minimum absolute atomic E-state index is 0.0291. The van der Waals surface area contributed by atoms with Crippen LogP contribution in [-0.2, 0) is 0 Å². The number of carbonyl (C=O) groups excluding carboxylic acids is 1. The number of hydrogen-bond donors (Lipinski definition) is 1. The maximum absolute atomic E-state index is 11.9. The van der Waals surface area contributed by atoms with Gasteiger partial charge in [-0.1, -0.05) is 44.0 Å². The third-order valence-electron chi connectivity index (χ3n) is 2.05. The van der Waals surface area contributed by atoms with E-state index in [2.05, 4.69) is 0 Å². The Labute approximate surface area is 105 Å². The summed E-state index contributed by atoms with van der Waals surface area (Å²) in [5.41, 5.74) is 0.254. The first-order chi connectivity index (χ1) is 7.22. The topological polar surface area (TPSA) is 37.3 Å². The van der Waals surface area contributed by atoms with Crippen LogP contribution >= 0.6 is 23.2 Å². The highest BCUT2D eigenvalue weighted by molar-refractivity contribution is 6.44. The largest absolute Gasteiger partial charge is 0.506 e. The number of benzene rings is 1. The van der Waals surface area contributed by atoms with E-state index >= 15 is 0 Å². The number of ketones is 1. The highest BCUT2D eigenvalue weighted by Crippen LogP contribution is 2.35. The summed E-state index contributed by atoms with van der Waals surface area (Å²) in [4.78, 5) is 11.9. The van der Waals surface area contributed by atoms with Crippen LogP contribution in [0.25, 0.3) is 0 Å². The van der Waals surface area contributed by atoms with E-state index in [1.165, 1.54) is 12.1 Å². The molecule has 0 aliphatic heterocycles. The first-order valence-electron chi connectivity index (χ1n) is 4.92. The maximum atomic E-state index is 11.9. The molecule has 0 heterocycles. The summed E-state index contributed by atoms with van der Waals surface area (Å²) in [6.07, 6.45) is 0.383. The fourth-order valence-corrected chi connectivity index (χ4v) is 1.76. The minimum atomic E-state index is -0.112. The highest BCUT2D eigenvalue weighted by Gasteiger charge is 2.21. The fraction of sp³-hybridized carbons (Fsp3) is 0.417. The summed E-state index contributed by atoms with van der Waals surface area (Å²) < 4.78 is 0. The number of Topliss-reactive ketones (excluding diaryl/α,β-unsaturated/α-hetero) is 1. The van der Waals surface area contributed by atoms with E-state index in [1.54, 1.807) is 0 Å². The number of aromatic hydroxyl groups is 1. The van der Waals surface area contributed by atoms with Gasteiger partial charge >= 0.3 is 0 Å². The molecule has 0 aliphatic rings. The molecule has 0 radical (unpaired) electrons. The summed E-state index contributed by atoms with van der Waals surface area (Å²) in [7, 11) is 0. The number of phenols is 1. The van der Waals surface area contributed by atoms with Crippen LogP contribution in [0.2, 0.25) is 10.0 Å². The molecule has 0 aliphatic carbocycles. The van der Waals surface area contributed by atoms with E-state index in [0.717, 1.165) is 0 Å². The standard InChI is InChI=1S/C12H14Cl2O2/c1-12(2,3)6-9(16)7-4-5-8(15)11(14)10(7)13/h4-5,15H,6H2,1-3H3. The number of rotatable bonds is 2. The van der Waals surface area contributed by atoms with Crippen molar-refractivity contribution in [2.45, 2.75) is 27.2 Å². The SMILES string of the molecule is CC(C)(C)CC(=O)c1ccc(O)c(Cl)c1Cl. The lowest BCUT2D eigenvalue weighted by Gasteiger charge is -2.17. The monoisotopic (exact) mass is 260 g/mol. The van der Waals surface area contributed by atoms with Gasteiger partial charge in [0.2, 0.25) is 0 Å². The summed E-state index contributed by atoms with van der Waals surface area (Å²) in [5, 5.41) is 9.46. The van der Waals surface area contributed by atoms with Crippen molar-refractivity contribution in [2.75, 3.05) is 0 Å². The van der Waals surface area contributed by atoms with Crippen LogP contribution in [0.15, 0.2) is 12.1 Å². The Morgan fingerprint density at radius 3 is 2.31 bits per heavy atom. The predicted molar refractivity (Wildman–Crippen MR) is 66.5 cm³/mol. The normalized spacial score (nSPS) is 11.6. The van der Waals surface area contributed by atoms with Gasteiger partial charge in [-0.2, -0.15) is 0 Å². The van der Waals surface area contributed by atoms with Crippen molar-refractivity contribution in [3.63, 3.8) is 0 Å². The third kappa shape index (κ3) is 3.13. The van der Waals surface area contributed by atoms with E-state index in [-0.39, 0.29) is 27.0 Å². The molecular weight excluding hydrogens is 247 g/mol. The summed E-state index contributed by atoms with van der Waals surface area (Å²) >= 11 is 11.7. The molecule has 0 spiro atoms. The summed E-state index contributed by atoms with van der Waals surface area (Å²) in [6, 6.07) is 2.88. The molecule has 1 aromatic rings.